The molecule has 0 unspecified atom stereocenters. The zero-order valence-corrected chi connectivity index (χ0v) is 13.7. The zero-order chi connectivity index (χ0) is 17.7. The molecule has 3 heterocycles. The summed E-state index contributed by atoms with van der Waals surface area (Å²) in [5.41, 5.74) is 7.03. The summed E-state index contributed by atoms with van der Waals surface area (Å²) in [6.07, 6.45) is 0. The Balaban J connectivity index is 2.14. The Morgan fingerprint density at radius 2 is 2.00 bits per heavy atom. The molecular weight excluding hydrogens is 318 g/mol. The van der Waals surface area contributed by atoms with E-state index in [0.717, 1.165) is 10.9 Å². The second-order valence-corrected chi connectivity index (χ2v) is 6.00. The van der Waals surface area contributed by atoms with Gasteiger partial charge in [0, 0.05) is 12.4 Å². The first-order valence-electron chi connectivity index (χ1n) is 7.78. The fourth-order valence-electron chi connectivity index (χ4n) is 3.32. The number of para-hydroxylation sites is 1. The van der Waals surface area contributed by atoms with Crippen molar-refractivity contribution < 1.29 is 9.15 Å². The third kappa shape index (κ3) is 2.06. The van der Waals surface area contributed by atoms with Gasteiger partial charge in [-0.15, -0.1) is 0 Å². The number of nitrogens with zero attached hydrogens (tertiary/aromatic N) is 2. The number of allylic oxidation sites excluding steroid dienone is 1. The molecule has 0 bridgehead atoms. The van der Waals surface area contributed by atoms with Gasteiger partial charge in [-0.25, -0.2) is 0 Å². The molecule has 0 saturated carbocycles. The zero-order valence-electron chi connectivity index (χ0n) is 13.7. The van der Waals surface area contributed by atoms with E-state index in [4.69, 9.17) is 14.9 Å². The van der Waals surface area contributed by atoms with Gasteiger partial charge in [-0.3, -0.25) is 4.79 Å². The minimum atomic E-state index is -0.689. The van der Waals surface area contributed by atoms with Gasteiger partial charge in [-0.2, -0.15) is 5.26 Å². The Morgan fingerprint density at radius 1 is 1.24 bits per heavy atom. The van der Waals surface area contributed by atoms with Crippen molar-refractivity contribution in [2.24, 2.45) is 12.8 Å². The standard InChI is InChI=1S/C19H15N3O3/c1-10-7-8-14(24-10)15-12(9-20)18(21)25-17-11-5-3-4-6-13(11)22(2)19(23)16(15)17/h3-8,15H,21H2,1-2H3/t15-/m1/s1. The van der Waals surface area contributed by atoms with Crippen molar-refractivity contribution in [3.05, 3.63) is 75.3 Å². The van der Waals surface area contributed by atoms with Gasteiger partial charge < -0.3 is 19.5 Å². The SMILES string of the molecule is Cc1ccc([C@H]2C(C#N)=C(N)Oc3c2c(=O)n(C)c2ccccc32)o1. The summed E-state index contributed by atoms with van der Waals surface area (Å²) in [7, 11) is 1.70. The highest BCUT2D eigenvalue weighted by Crippen LogP contribution is 2.43. The Labute approximate surface area is 143 Å². The van der Waals surface area contributed by atoms with E-state index in [1.165, 1.54) is 0 Å². The van der Waals surface area contributed by atoms with Gasteiger partial charge in [0.2, 0.25) is 5.88 Å². The van der Waals surface area contributed by atoms with E-state index in [-0.39, 0.29) is 17.0 Å². The molecule has 6 nitrogen and oxygen atoms in total. The van der Waals surface area contributed by atoms with Crippen molar-refractivity contribution in [3.63, 3.8) is 0 Å². The number of hydrogen-bond acceptors (Lipinski definition) is 5. The predicted octanol–water partition coefficient (Wildman–Crippen LogP) is 2.66. The van der Waals surface area contributed by atoms with Crippen LogP contribution in [0, 0.1) is 18.3 Å². The Hall–Kier alpha value is -3.46. The first-order chi connectivity index (χ1) is 12.0. The molecule has 3 aromatic rings. The lowest BCUT2D eigenvalue weighted by Crippen LogP contribution is -2.30. The van der Waals surface area contributed by atoms with Gasteiger partial charge in [-0.1, -0.05) is 12.1 Å². The van der Waals surface area contributed by atoms with Crippen LogP contribution >= 0.6 is 0 Å². The van der Waals surface area contributed by atoms with Crippen molar-refractivity contribution in [1.29, 1.82) is 5.26 Å². The van der Waals surface area contributed by atoms with Crippen LogP contribution in [0.4, 0.5) is 0 Å². The van der Waals surface area contributed by atoms with Gasteiger partial charge in [0.15, 0.2) is 0 Å². The molecule has 2 N–H and O–H groups in total. The summed E-state index contributed by atoms with van der Waals surface area (Å²) in [5, 5.41) is 10.3. The molecule has 0 radical (unpaired) electrons. The van der Waals surface area contributed by atoms with Crippen LogP contribution in [0.3, 0.4) is 0 Å². The van der Waals surface area contributed by atoms with Crippen LogP contribution in [-0.4, -0.2) is 4.57 Å². The molecule has 124 valence electrons. The number of rotatable bonds is 1. The van der Waals surface area contributed by atoms with Gasteiger partial charge in [0.1, 0.15) is 28.9 Å². The minimum Gasteiger partial charge on any atom is -0.465 e. The topological polar surface area (TPSA) is 94.2 Å². The van der Waals surface area contributed by atoms with Gasteiger partial charge >= 0.3 is 0 Å². The van der Waals surface area contributed by atoms with E-state index >= 15 is 0 Å². The average Bonchev–Trinajstić information content (AvgIpc) is 3.04. The van der Waals surface area contributed by atoms with Gasteiger partial charge in [0.25, 0.3) is 5.56 Å². The van der Waals surface area contributed by atoms with Crippen LogP contribution in [0.2, 0.25) is 0 Å². The van der Waals surface area contributed by atoms with Gasteiger partial charge in [-0.05, 0) is 31.2 Å². The number of ether oxygens (including phenoxy) is 1. The molecule has 4 rings (SSSR count). The van der Waals surface area contributed by atoms with Crippen molar-refractivity contribution in [2.45, 2.75) is 12.8 Å². The number of nitriles is 1. The summed E-state index contributed by atoms with van der Waals surface area (Å²) < 4.78 is 13.0. The number of aryl methyl sites for hydroxylation is 2. The number of hydrogen-bond donors (Lipinski definition) is 1. The number of nitrogens with two attached hydrogens (primary N) is 1. The van der Waals surface area contributed by atoms with Crippen LogP contribution in [0.15, 0.2) is 57.1 Å². The molecule has 1 aliphatic heterocycles. The number of aromatic nitrogens is 1. The van der Waals surface area contributed by atoms with E-state index in [1.807, 2.05) is 24.3 Å². The molecule has 25 heavy (non-hydrogen) atoms. The Morgan fingerprint density at radius 3 is 2.68 bits per heavy atom. The summed E-state index contributed by atoms with van der Waals surface area (Å²) >= 11 is 0. The van der Waals surface area contributed by atoms with E-state index in [2.05, 4.69) is 6.07 Å². The maximum Gasteiger partial charge on any atom is 0.258 e. The van der Waals surface area contributed by atoms with Crippen molar-refractivity contribution in [2.75, 3.05) is 0 Å². The van der Waals surface area contributed by atoms with E-state index < -0.39 is 5.92 Å². The molecule has 0 aliphatic carbocycles. The van der Waals surface area contributed by atoms with Crippen molar-refractivity contribution >= 4 is 10.9 Å². The first-order valence-corrected chi connectivity index (χ1v) is 7.78. The van der Waals surface area contributed by atoms with Gasteiger partial charge in [0.05, 0.1) is 17.0 Å². The second kappa shape index (κ2) is 5.28. The molecule has 2 aromatic heterocycles. The molecule has 1 aromatic carbocycles. The largest absolute Gasteiger partial charge is 0.465 e. The molecule has 0 saturated heterocycles. The Bertz CT molecular complexity index is 1140. The predicted molar refractivity (Wildman–Crippen MR) is 91.9 cm³/mol. The third-order valence-electron chi connectivity index (χ3n) is 4.51. The quantitative estimate of drug-likeness (QED) is 0.739. The van der Waals surface area contributed by atoms with E-state index in [0.29, 0.717) is 22.8 Å². The summed E-state index contributed by atoms with van der Waals surface area (Å²) in [6.45, 7) is 1.81. The maximum atomic E-state index is 13.1. The summed E-state index contributed by atoms with van der Waals surface area (Å²) in [5.74, 6) is 0.873. The number of fused-ring (bicyclic) bond motifs is 3. The Kier molecular flexibility index (Phi) is 3.19. The molecular formula is C19H15N3O3. The highest BCUT2D eigenvalue weighted by atomic mass is 16.5. The maximum absolute atomic E-state index is 13.1. The highest BCUT2D eigenvalue weighted by Gasteiger charge is 2.36. The summed E-state index contributed by atoms with van der Waals surface area (Å²) in [6, 6.07) is 13.0. The van der Waals surface area contributed by atoms with Crippen LogP contribution in [0.5, 0.6) is 5.75 Å². The van der Waals surface area contributed by atoms with E-state index in [9.17, 15) is 10.1 Å². The van der Waals surface area contributed by atoms with Crippen molar-refractivity contribution in [1.82, 2.24) is 4.57 Å². The molecule has 0 amide bonds. The summed E-state index contributed by atoms with van der Waals surface area (Å²) in [4.78, 5) is 13.1. The van der Waals surface area contributed by atoms with Crippen LogP contribution in [0.1, 0.15) is 23.0 Å². The number of pyridine rings is 1. The number of benzene rings is 1. The van der Waals surface area contributed by atoms with Crippen LogP contribution in [-0.2, 0) is 7.05 Å². The molecule has 1 atom stereocenters. The third-order valence-corrected chi connectivity index (χ3v) is 4.51. The average molecular weight is 333 g/mol. The lowest BCUT2D eigenvalue weighted by Gasteiger charge is -2.26. The second-order valence-electron chi connectivity index (χ2n) is 6.00. The normalized spacial score (nSPS) is 16.4. The molecule has 1 aliphatic rings. The fraction of sp³-hybridized carbons (Fsp3) is 0.158. The highest BCUT2D eigenvalue weighted by molar-refractivity contribution is 5.88. The fourth-order valence-corrected chi connectivity index (χ4v) is 3.32. The lowest BCUT2D eigenvalue weighted by atomic mass is 9.87. The number of furan rings is 1. The van der Waals surface area contributed by atoms with Crippen molar-refractivity contribution in [3.8, 4) is 11.8 Å². The molecule has 0 spiro atoms. The monoisotopic (exact) mass is 333 g/mol. The van der Waals surface area contributed by atoms with Crippen LogP contribution in [0.25, 0.3) is 10.9 Å². The first kappa shape index (κ1) is 15.1. The molecule has 6 heteroatoms. The van der Waals surface area contributed by atoms with Crippen LogP contribution < -0.4 is 16.0 Å². The lowest BCUT2D eigenvalue weighted by molar-refractivity contribution is 0.383. The minimum absolute atomic E-state index is 0.00698. The smallest absolute Gasteiger partial charge is 0.258 e. The van der Waals surface area contributed by atoms with E-state index in [1.54, 1.807) is 30.7 Å². The molecule has 0 fully saturated rings.